The molecule has 278 valence electrons. The van der Waals surface area contributed by atoms with Gasteiger partial charge in [0.1, 0.15) is 12.4 Å². The lowest BCUT2D eigenvalue weighted by molar-refractivity contribution is -0.145. The Labute approximate surface area is 299 Å². The number of unbranched alkanes of at least 4 members (excludes halogenated alkanes) is 18. The number of aromatic hydroxyl groups is 1. The van der Waals surface area contributed by atoms with Gasteiger partial charge in [0.25, 0.3) is 0 Å². The number of hydrogen-bond donors (Lipinski definition) is 3. The molecule has 0 amide bonds. The molecular formula is C43H71NO5. The summed E-state index contributed by atoms with van der Waals surface area (Å²) in [7, 11) is 0. The van der Waals surface area contributed by atoms with E-state index in [9.17, 15) is 15.0 Å². The molecular weight excluding hydrogens is 610 g/mol. The van der Waals surface area contributed by atoms with Crippen LogP contribution in [0.4, 0.5) is 0 Å². The van der Waals surface area contributed by atoms with Crippen LogP contribution in [-0.4, -0.2) is 42.5 Å². The van der Waals surface area contributed by atoms with E-state index in [1.807, 2.05) is 0 Å². The third-order valence-corrected chi connectivity index (χ3v) is 9.44. The zero-order valence-corrected chi connectivity index (χ0v) is 31.1. The SMILES string of the molecule is CCCCCCCCCCCCCCCCCC(=O)OCc1cc(C(O)CNCCCCCCOCCCCc2ccccc2)ccc1O. The summed E-state index contributed by atoms with van der Waals surface area (Å²) in [5.41, 5.74) is 2.63. The largest absolute Gasteiger partial charge is 0.508 e. The number of ether oxygens (including phenoxy) is 2. The maximum absolute atomic E-state index is 12.3. The van der Waals surface area contributed by atoms with Crippen LogP contribution in [0.2, 0.25) is 0 Å². The molecule has 0 spiro atoms. The highest BCUT2D eigenvalue weighted by Gasteiger charge is 2.12. The van der Waals surface area contributed by atoms with Gasteiger partial charge in [-0.25, -0.2) is 0 Å². The summed E-state index contributed by atoms with van der Waals surface area (Å²) in [5.74, 6) is -0.146. The number of benzene rings is 2. The van der Waals surface area contributed by atoms with Crippen molar-refractivity contribution in [3.05, 3.63) is 65.2 Å². The Bertz CT molecular complexity index is 1050. The molecule has 0 aliphatic heterocycles. The lowest BCUT2D eigenvalue weighted by Gasteiger charge is -2.14. The molecule has 0 saturated heterocycles. The summed E-state index contributed by atoms with van der Waals surface area (Å²) >= 11 is 0. The number of carbonyl (C=O) groups excluding carboxylic acids is 1. The molecule has 2 aromatic carbocycles. The van der Waals surface area contributed by atoms with E-state index in [1.165, 1.54) is 95.5 Å². The van der Waals surface area contributed by atoms with E-state index in [1.54, 1.807) is 18.2 Å². The van der Waals surface area contributed by atoms with Gasteiger partial charge in [0.05, 0.1) is 6.10 Å². The summed E-state index contributed by atoms with van der Waals surface area (Å²) in [6.07, 6.45) is 26.9. The van der Waals surface area contributed by atoms with Crippen molar-refractivity contribution in [3.63, 3.8) is 0 Å². The summed E-state index contributed by atoms with van der Waals surface area (Å²) in [4.78, 5) is 12.3. The number of aliphatic hydroxyl groups is 1. The van der Waals surface area contributed by atoms with Crippen molar-refractivity contribution < 1.29 is 24.5 Å². The predicted octanol–water partition coefficient (Wildman–Crippen LogP) is 10.9. The fraction of sp³-hybridized carbons (Fsp3) is 0.698. The number of aliphatic hydroxyl groups excluding tert-OH is 1. The second-order valence-electron chi connectivity index (χ2n) is 13.9. The number of phenolic OH excluding ortho intramolecular Hbond substituents is 1. The van der Waals surface area contributed by atoms with E-state index in [4.69, 9.17) is 9.47 Å². The second-order valence-corrected chi connectivity index (χ2v) is 13.9. The Morgan fingerprint density at radius 2 is 1.27 bits per heavy atom. The number of nitrogens with one attached hydrogen (secondary N) is 1. The first-order chi connectivity index (χ1) is 24.1. The standard InChI is InChI=1S/C43H71NO5/c1-2-3-4-5-6-7-8-9-10-11-12-13-14-15-21-29-43(47)49-37-40-35-39(30-31-41(40)45)42(46)36-44-32-23-16-17-24-33-48-34-25-22-28-38-26-19-18-20-27-38/h18-20,26-27,30-31,35,42,44-46H,2-17,21-25,28-29,32-34,36-37H2,1H3. The van der Waals surface area contributed by atoms with Gasteiger partial charge in [0.15, 0.2) is 0 Å². The molecule has 2 aromatic rings. The van der Waals surface area contributed by atoms with Crippen molar-refractivity contribution in [1.29, 1.82) is 0 Å². The molecule has 0 aromatic heterocycles. The molecule has 0 fully saturated rings. The van der Waals surface area contributed by atoms with Gasteiger partial charge in [-0.05, 0) is 68.3 Å². The lowest BCUT2D eigenvalue weighted by Crippen LogP contribution is -2.22. The number of aryl methyl sites for hydroxylation is 1. The Morgan fingerprint density at radius 1 is 0.694 bits per heavy atom. The van der Waals surface area contributed by atoms with Gasteiger partial charge in [0, 0.05) is 31.7 Å². The minimum atomic E-state index is -0.689. The zero-order valence-electron chi connectivity index (χ0n) is 31.1. The van der Waals surface area contributed by atoms with Gasteiger partial charge in [-0.1, -0.05) is 146 Å². The minimum Gasteiger partial charge on any atom is -0.508 e. The van der Waals surface area contributed by atoms with Crippen molar-refractivity contribution in [2.75, 3.05) is 26.3 Å². The summed E-state index contributed by atoms with van der Waals surface area (Å²) in [6, 6.07) is 15.7. The van der Waals surface area contributed by atoms with Crippen LogP contribution in [0, 0.1) is 0 Å². The van der Waals surface area contributed by atoms with E-state index >= 15 is 0 Å². The zero-order chi connectivity index (χ0) is 35.0. The molecule has 3 N–H and O–H groups in total. The van der Waals surface area contributed by atoms with E-state index in [-0.39, 0.29) is 18.3 Å². The highest BCUT2D eigenvalue weighted by atomic mass is 16.5. The highest BCUT2D eigenvalue weighted by molar-refractivity contribution is 5.69. The summed E-state index contributed by atoms with van der Waals surface area (Å²) < 4.78 is 11.2. The third kappa shape index (κ3) is 23.6. The number of phenols is 1. The van der Waals surface area contributed by atoms with Crippen LogP contribution in [0.3, 0.4) is 0 Å². The van der Waals surface area contributed by atoms with Gasteiger partial charge < -0.3 is 25.0 Å². The first-order valence-corrected chi connectivity index (χ1v) is 20.1. The number of esters is 1. The van der Waals surface area contributed by atoms with Crippen LogP contribution in [0.15, 0.2) is 48.5 Å². The Morgan fingerprint density at radius 3 is 1.92 bits per heavy atom. The van der Waals surface area contributed by atoms with Crippen molar-refractivity contribution in [3.8, 4) is 5.75 Å². The highest BCUT2D eigenvalue weighted by Crippen LogP contribution is 2.23. The number of rotatable bonds is 33. The maximum atomic E-state index is 12.3. The first kappa shape index (κ1) is 42.8. The monoisotopic (exact) mass is 682 g/mol. The van der Waals surface area contributed by atoms with Gasteiger partial charge in [0.2, 0.25) is 0 Å². The molecule has 0 aliphatic carbocycles. The molecule has 6 heteroatoms. The average molecular weight is 682 g/mol. The van der Waals surface area contributed by atoms with Crippen LogP contribution in [0.5, 0.6) is 5.75 Å². The van der Waals surface area contributed by atoms with Crippen molar-refractivity contribution >= 4 is 5.97 Å². The molecule has 49 heavy (non-hydrogen) atoms. The topological polar surface area (TPSA) is 88.0 Å². The molecule has 0 saturated carbocycles. The minimum absolute atomic E-state index is 0.0226. The van der Waals surface area contributed by atoms with E-state index in [2.05, 4.69) is 42.6 Å². The molecule has 0 aliphatic rings. The van der Waals surface area contributed by atoms with E-state index in [0.717, 1.165) is 71.1 Å². The second kappa shape index (κ2) is 30.4. The van der Waals surface area contributed by atoms with Crippen LogP contribution in [-0.2, 0) is 27.3 Å². The average Bonchev–Trinajstić information content (AvgIpc) is 3.11. The van der Waals surface area contributed by atoms with Crippen LogP contribution < -0.4 is 5.32 Å². The fourth-order valence-corrected chi connectivity index (χ4v) is 6.24. The predicted molar refractivity (Wildman–Crippen MR) is 204 cm³/mol. The molecule has 0 heterocycles. The van der Waals surface area contributed by atoms with Gasteiger partial charge >= 0.3 is 5.97 Å². The van der Waals surface area contributed by atoms with Crippen LogP contribution >= 0.6 is 0 Å². The molecule has 0 radical (unpaired) electrons. The third-order valence-electron chi connectivity index (χ3n) is 9.44. The van der Waals surface area contributed by atoms with E-state index in [0.29, 0.717) is 24.1 Å². The van der Waals surface area contributed by atoms with Crippen LogP contribution in [0.1, 0.15) is 171 Å². The smallest absolute Gasteiger partial charge is 0.306 e. The first-order valence-electron chi connectivity index (χ1n) is 20.1. The lowest BCUT2D eigenvalue weighted by atomic mass is 10.0. The molecule has 2 rings (SSSR count). The van der Waals surface area contributed by atoms with Crippen molar-refractivity contribution in [2.24, 2.45) is 0 Å². The number of hydrogen-bond acceptors (Lipinski definition) is 6. The van der Waals surface area contributed by atoms with Gasteiger partial charge in [-0.3, -0.25) is 4.79 Å². The van der Waals surface area contributed by atoms with Gasteiger partial charge in [-0.2, -0.15) is 0 Å². The van der Waals surface area contributed by atoms with Gasteiger partial charge in [-0.15, -0.1) is 0 Å². The Balaban J connectivity index is 1.41. The molecule has 6 nitrogen and oxygen atoms in total. The molecule has 1 unspecified atom stereocenters. The fourth-order valence-electron chi connectivity index (χ4n) is 6.24. The molecule has 1 atom stereocenters. The van der Waals surface area contributed by atoms with E-state index < -0.39 is 6.10 Å². The molecule has 0 bridgehead atoms. The number of carbonyl (C=O) groups is 1. The Hall–Kier alpha value is -2.41. The summed E-state index contributed by atoms with van der Waals surface area (Å²) in [6.45, 7) is 5.25. The van der Waals surface area contributed by atoms with Crippen LogP contribution in [0.25, 0.3) is 0 Å². The van der Waals surface area contributed by atoms with Crippen molar-refractivity contribution in [1.82, 2.24) is 5.32 Å². The van der Waals surface area contributed by atoms with Crippen molar-refractivity contribution in [2.45, 2.75) is 167 Å². The quantitative estimate of drug-likeness (QED) is 0.0513. The Kier molecular flexibility index (Phi) is 26.5. The maximum Gasteiger partial charge on any atom is 0.306 e. The normalized spacial score (nSPS) is 12.0. The summed E-state index contributed by atoms with van der Waals surface area (Å²) in [5, 5.41) is 24.3.